The maximum absolute atomic E-state index is 13.3. The van der Waals surface area contributed by atoms with Crippen molar-refractivity contribution in [1.29, 1.82) is 0 Å². The van der Waals surface area contributed by atoms with E-state index in [-0.39, 0.29) is 60.0 Å². The molecule has 0 radical (unpaired) electrons. The maximum Gasteiger partial charge on any atom is 0.248 e. The summed E-state index contributed by atoms with van der Waals surface area (Å²) in [5.41, 5.74) is 0.947. The third-order valence-electron chi connectivity index (χ3n) is 6.29. The molecule has 2 N–H and O–H groups in total. The van der Waals surface area contributed by atoms with E-state index in [9.17, 15) is 26.7 Å². The third kappa shape index (κ3) is 6.61. The highest BCUT2D eigenvalue weighted by molar-refractivity contribution is 7.92. The van der Waals surface area contributed by atoms with Crippen LogP contribution in [0.3, 0.4) is 0 Å². The van der Waals surface area contributed by atoms with Crippen LogP contribution in [0, 0.1) is 19.8 Å². The molecule has 14 heteroatoms. The molecule has 206 valence electrons. The second kappa shape index (κ2) is 11.0. The molecule has 1 aliphatic heterocycles. The second-order valence-corrected chi connectivity index (χ2v) is 13.3. The van der Waals surface area contributed by atoms with Crippen molar-refractivity contribution in [1.82, 2.24) is 14.4 Å². The average Bonchev–Trinajstić information content (AvgIpc) is 3.16. The molecule has 0 saturated carbocycles. The molecule has 12 nitrogen and oxygen atoms in total. The molecule has 1 aromatic heterocycles. The molecule has 0 aliphatic carbocycles. The van der Waals surface area contributed by atoms with E-state index in [1.807, 2.05) is 6.92 Å². The molecule has 3 atom stereocenters. The Morgan fingerprint density at radius 3 is 2.51 bits per heavy atom. The SMILES string of the molecule is Cc1noc(C)c1S(=O)(=O)N(C)C[C@@H]1Oc2ccc(NS(C)(=O)=O)cc2CC(=O)N([C@H](C)CO)C[C@H]1C. The van der Waals surface area contributed by atoms with Crippen LogP contribution in [-0.2, 0) is 31.3 Å². The summed E-state index contributed by atoms with van der Waals surface area (Å²) in [7, 11) is -6.08. The summed E-state index contributed by atoms with van der Waals surface area (Å²) >= 11 is 0. The number of carbonyl (C=O) groups excluding carboxylic acids is 1. The van der Waals surface area contributed by atoms with Gasteiger partial charge in [-0.25, -0.2) is 16.8 Å². The normalized spacial score (nSPS) is 20.0. The summed E-state index contributed by atoms with van der Waals surface area (Å²) in [5.74, 6) is -0.0874. The van der Waals surface area contributed by atoms with E-state index in [0.717, 1.165) is 6.26 Å². The zero-order valence-electron chi connectivity index (χ0n) is 21.8. The van der Waals surface area contributed by atoms with E-state index in [0.29, 0.717) is 11.3 Å². The van der Waals surface area contributed by atoms with Crippen LogP contribution >= 0.6 is 0 Å². The van der Waals surface area contributed by atoms with Crippen molar-refractivity contribution in [2.24, 2.45) is 5.92 Å². The van der Waals surface area contributed by atoms with Gasteiger partial charge in [-0.3, -0.25) is 9.52 Å². The molecule has 37 heavy (non-hydrogen) atoms. The van der Waals surface area contributed by atoms with Gasteiger partial charge in [0.15, 0.2) is 5.76 Å². The predicted molar refractivity (Wildman–Crippen MR) is 136 cm³/mol. The second-order valence-electron chi connectivity index (χ2n) is 9.52. The minimum Gasteiger partial charge on any atom is -0.488 e. The topological polar surface area (TPSA) is 159 Å². The molecule has 1 amide bonds. The Labute approximate surface area is 217 Å². The fourth-order valence-corrected chi connectivity index (χ4v) is 6.30. The summed E-state index contributed by atoms with van der Waals surface area (Å²) < 4.78 is 65.0. The first kappa shape index (κ1) is 28.9. The van der Waals surface area contributed by atoms with E-state index in [1.54, 1.807) is 19.9 Å². The minimum atomic E-state index is -3.96. The molecule has 0 spiro atoms. The van der Waals surface area contributed by atoms with Gasteiger partial charge in [0.25, 0.3) is 0 Å². The highest BCUT2D eigenvalue weighted by Crippen LogP contribution is 2.30. The lowest BCUT2D eigenvalue weighted by Crippen LogP contribution is -2.48. The Kier molecular flexibility index (Phi) is 8.57. The van der Waals surface area contributed by atoms with Crippen molar-refractivity contribution in [2.75, 3.05) is 37.7 Å². The molecule has 0 bridgehead atoms. The molecule has 0 unspecified atom stereocenters. The first-order valence-corrected chi connectivity index (χ1v) is 15.0. The van der Waals surface area contributed by atoms with Gasteiger partial charge in [0.2, 0.25) is 26.0 Å². The van der Waals surface area contributed by atoms with Crippen LogP contribution in [0.4, 0.5) is 5.69 Å². The number of likely N-dealkylation sites (N-methyl/N-ethyl adjacent to an activating group) is 1. The minimum absolute atomic E-state index is 0.00619. The van der Waals surface area contributed by atoms with Gasteiger partial charge in [0.05, 0.1) is 31.9 Å². The van der Waals surface area contributed by atoms with Crippen LogP contribution in [0.1, 0.15) is 30.9 Å². The standard InChI is InChI=1S/C23H34N4O8S2/c1-14-11-27(15(2)13-28)22(29)10-18-9-19(25-36(6,30)31)7-8-20(18)34-21(14)12-26(5)37(32,33)23-16(3)24-35-17(23)4/h7-9,14-15,21,25,28H,10-13H2,1-6H3/t14-,15-,21+/m1/s1. The number of aliphatic hydroxyl groups is 1. The zero-order chi connectivity index (χ0) is 27.7. The molecular weight excluding hydrogens is 524 g/mol. The van der Waals surface area contributed by atoms with Crippen molar-refractivity contribution < 1.29 is 36.0 Å². The predicted octanol–water partition coefficient (Wildman–Crippen LogP) is 1.13. The van der Waals surface area contributed by atoms with E-state index in [1.165, 1.54) is 35.3 Å². The average molecular weight is 559 g/mol. The Morgan fingerprint density at radius 2 is 1.95 bits per heavy atom. The highest BCUT2D eigenvalue weighted by atomic mass is 32.2. The van der Waals surface area contributed by atoms with Crippen molar-refractivity contribution in [2.45, 2.75) is 51.2 Å². The van der Waals surface area contributed by atoms with Crippen LogP contribution < -0.4 is 9.46 Å². The summed E-state index contributed by atoms with van der Waals surface area (Å²) in [6, 6.07) is 4.11. The first-order chi connectivity index (χ1) is 17.1. The Bertz CT molecular complexity index is 1340. The number of aromatic nitrogens is 1. The van der Waals surface area contributed by atoms with Crippen molar-refractivity contribution in [3.63, 3.8) is 0 Å². The largest absolute Gasteiger partial charge is 0.488 e. The monoisotopic (exact) mass is 558 g/mol. The van der Waals surface area contributed by atoms with Crippen LogP contribution in [0.5, 0.6) is 5.75 Å². The molecule has 2 aromatic rings. The van der Waals surface area contributed by atoms with Crippen molar-refractivity contribution in [3.05, 3.63) is 35.2 Å². The van der Waals surface area contributed by atoms with E-state index < -0.39 is 32.2 Å². The fraction of sp³-hybridized carbons (Fsp3) is 0.565. The van der Waals surface area contributed by atoms with Crippen LogP contribution in [0.25, 0.3) is 0 Å². The Hall–Kier alpha value is -2.68. The summed E-state index contributed by atoms with van der Waals surface area (Å²) in [6.07, 6.45) is 0.242. The lowest BCUT2D eigenvalue weighted by atomic mass is 10.0. The number of sulfonamides is 2. The first-order valence-electron chi connectivity index (χ1n) is 11.7. The number of rotatable bonds is 8. The number of anilines is 1. The number of hydrogen-bond donors (Lipinski definition) is 2. The molecule has 2 heterocycles. The van der Waals surface area contributed by atoms with Gasteiger partial charge in [-0.2, -0.15) is 4.31 Å². The number of nitrogens with one attached hydrogen (secondary N) is 1. The Balaban J connectivity index is 2.02. The number of aliphatic hydroxyl groups excluding tert-OH is 1. The third-order valence-corrected chi connectivity index (χ3v) is 8.97. The fourth-order valence-electron chi connectivity index (χ4n) is 4.28. The molecular formula is C23H34N4O8S2. The van der Waals surface area contributed by atoms with Gasteiger partial charge >= 0.3 is 0 Å². The van der Waals surface area contributed by atoms with Crippen LogP contribution in [0.15, 0.2) is 27.6 Å². The lowest BCUT2D eigenvalue weighted by molar-refractivity contribution is -0.134. The summed E-state index contributed by atoms with van der Waals surface area (Å²) in [5, 5.41) is 13.5. The van der Waals surface area contributed by atoms with Crippen molar-refractivity contribution in [3.8, 4) is 5.75 Å². The number of benzene rings is 1. The molecule has 0 fully saturated rings. The van der Waals surface area contributed by atoms with Crippen LogP contribution in [-0.4, -0.2) is 87.4 Å². The smallest absolute Gasteiger partial charge is 0.248 e. The molecule has 1 aromatic carbocycles. The van der Waals surface area contributed by atoms with Gasteiger partial charge in [0, 0.05) is 30.8 Å². The maximum atomic E-state index is 13.3. The molecule has 3 rings (SSSR count). The van der Waals surface area contributed by atoms with E-state index >= 15 is 0 Å². The number of aryl methyl sites for hydroxylation is 2. The lowest BCUT2D eigenvalue weighted by Gasteiger charge is -2.33. The summed E-state index contributed by atoms with van der Waals surface area (Å²) in [6.45, 7) is 6.54. The van der Waals surface area contributed by atoms with Crippen LogP contribution in [0.2, 0.25) is 0 Å². The number of ether oxygens (including phenoxy) is 1. The number of carbonyl (C=O) groups is 1. The van der Waals surface area contributed by atoms with Crippen molar-refractivity contribution >= 4 is 31.6 Å². The van der Waals surface area contributed by atoms with Gasteiger partial charge in [0.1, 0.15) is 22.4 Å². The highest BCUT2D eigenvalue weighted by Gasteiger charge is 2.35. The molecule has 1 aliphatic rings. The number of amides is 1. The zero-order valence-corrected chi connectivity index (χ0v) is 23.4. The Morgan fingerprint density at radius 1 is 1.27 bits per heavy atom. The summed E-state index contributed by atoms with van der Waals surface area (Å²) in [4.78, 5) is 14.8. The van der Waals surface area contributed by atoms with Gasteiger partial charge in [-0.1, -0.05) is 12.1 Å². The van der Waals surface area contributed by atoms with Gasteiger partial charge in [-0.15, -0.1) is 0 Å². The number of nitrogens with zero attached hydrogens (tertiary/aromatic N) is 3. The number of hydrogen-bond acceptors (Lipinski definition) is 9. The number of fused-ring (bicyclic) bond motifs is 1. The van der Waals surface area contributed by atoms with Gasteiger partial charge in [-0.05, 0) is 39.0 Å². The quantitative estimate of drug-likeness (QED) is 0.484. The van der Waals surface area contributed by atoms with E-state index in [2.05, 4.69) is 9.88 Å². The van der Waals surface area contributed by atoms with Gasteiger partial charge < -0.3 is 19.3 Å². The van der Waals surface area contributed by atoms with E-state index in [4.69, 9.17) is 9.26 Å². The molecule has 0 saturated heterocycles.